The van der Waals surface area contributed by atoms with Gasteiger partial charge in [0.05, 0.1) is 0 Å². The van der Waals surface area contributed by atoms with Gasteiger partial charge in [-0.3, -0.25) is 4.89 Å². The van der Waals surface area contributed by atoms with Gasteiger partial charge in [0.15, 0.2) is 0 Å². The quantitative estimate of drug-likeness (QED) is 0.459. The van der Waals surface area contributed by atoms with Gasteiger partial charge in [0.1, 0.15) is 11.5 Å². The Labute approximate surface area is 221 Å². The van der Waals surface area contributed by atoms with Gasteiger partial charge in [0.2, 0.25) is 0 Å². The molecule has 186 valence electrons. The Morgan fingerprint density at radius 3 is 1.15 bits per heavy atom. The second-order valence-corrected chi connectivity index (χ2v) is 14.4. The molecule has 0 spiro atoms. The molecule has 0 aromatic heterocycles. The molecule has 2 aromatic rings. The molecule has 0 fully saturated rings. The van der Waals surface area contributed by atoms with Crippen LogP contribution in [0.1, 0.15) is 107 Å². The maximum absolute atomic E-state index is 13.2. The molecule has 0 aliphatic heterocycles. The molecule has 6 heteroatoms. The Bertz CT molecular complexity index is 973. The fourth-order valence-electron chi connectivity index (χ4n) is 3.59. The summed E-state index contributed by atoms with van der Waals surface area (Å²) in [6.45, 7) is 25.2. The van der Waals surface area contributed by atoms with Crippen molar-refractivity contribution in [2.75, 3.05) is 0 Å². The van der Waals surface area contributed by atoms with Crippen molar-refractivity contribution < 1.29 is 38.8 Å². The number of benzene rings is 2. The summed E-state index contributed by atoms with van der Waals surface area (Å²) in [5.74, 6) is 0.731. The van der Waals surface area contributed by atoms with E-state index in [-0.39, 0.29) is 41.9 Å². The second-order valence-electron chi connectivity index (χ2n) is 13.1. The fourth-order valence-corrected chi connectivity index (χ4v) is 4.44. The minimum absolute atomic E-state index is 0. The minimum atomic E-state index is -4.44. The zero-order valence-electron chi connectivity index (χ0n) is 24.6. The first-order valence-electron chi connectivity index (χ1n) is 11.6. The van der Waals surface area contributed by atoms with E-state index in [1.807, 2.05) is 12.1 Å². The number of hydrogen-bond donors (Lipinski definition) is 1. The smallest absolute Gasteiger partial charge is 1.00 e. The zero-order valence-corrected chi connectivity index (χ0v) is 24.5. The van der Waals surface area contributed by atoms with Crippen molar-refractivity contribution in [3.05, 3.63) is 58.7 Å². The third kappa shape index (κ3) is 7.93. The molecule has 0 aliphatic carbocycles. The van der Waals surface area contributed by atoms with Crippen LogP contribution in [0, 0.1) is 0 Å². The molecular formula is C28H44LiO4P. The van der Waals surface area contributed by atoms with Crippen molar-refractivity contribution in [3.8, 4) is 11.5 Å². The average molecular weight is 483 g/mol. The van der Waals surface area contributed by atoms with Crippen LogP contribution in [-0.4, -0.2) is 4.89 Å². The van der Waals surface area contributed by atoms with Gasteiger partial charge >= 0.3 is 26.7 Å². The van der Waals surface area contributed by atoms with E-state index in [9.17, 15) is 9.46 Å². The average Bonchev–Trinajstić information content (AvgIpc) is 2.57. The molecule has 0 bridgehead atoms. The Morgan fingerprint density at radius 1 is 0.618 bits per heavy atom. The van der Waals surface area contributed by atoms with E-state index in [4.69, 9.17) is 9.05 Å². The van der Waals surface area contributed by atoms with Crippen LogP contribution in [-0.2, 0) is 26.2 Å². The van der Waals surface area contributed by atoms with Gasteiger partial charge in [-0.1, -0.05) is 107 Å². The molecule has 0 atom stereocenters. The van der Waals surface area contributed by atoms with E-state index < -0.39 is 7.82 Å². The predicted octanol–water partition coefficient (Wildman–Crippen LogP) is 5.55. The maximum Gasteiger partial charge on any atom is 1.00 e. The Balaban J connectivity index is 0.00000578. The summed E-state index contributed by atoms with van der Waals surface area (Å²) >= 11 is 0. The van der Waals surface area contributed by atoms with Gasteiger partial charge in [-0.2, -0.15) is 0 Å². The van der Waals surface area contributed by atoms with E-state index in [1.165, 1.54) is 0 Å². The summed E-state index contributed by atoms with van der Waals surface area (Å²) in [5, 5.41) is 0. The van der Waals surface area contributed by atoms with Crippen molar-refractivity contribution in [2.45, 2.75) is 105 Å². The van der Waals surface area contributed by atoms with Crippen LogP contribution in [0.5, 0.6) is 11.5 Å². The largest absolute Gasteiger partial charge is 1.00 e. The molecule has 34 heavy (non-hydrogen) atoms. The molecule has 0 amide bonds. The third-order valence-electron chi connectivity index (χ3n) is 5.73. The van der Waals surface area contributed by atoms with Gasteiger partial charge in [0.25, 0.3) is 0 Å². The van der Waals surface area contributed by atoms with Crippen LogP contribution in [0.25, 0.3) is 0 Å². The normalized spacial score (nSPS) is 13.3. The monoisotopic (exact) mass is 482 g/mol. The zero-order chi connectivity index (χ0) is 25.6. The van der Waals surface area contributed by atoms with Crippen LogP contribution >= 0.6 is 7.82 Å². The van der Waals surface area contributed by atoms with Gasteiger partial charge in [-0.15, -0.1) is 0 Å². The van der Waals surface area contributed by atoms with Crippen LogP contribution in [0.2, 0.25) is 0 Å². The fraction of sp³-hybridized carbons (Fsp3) is 0.571. The summed E-state index contributed by atoms with van der Waals surface area (Å²) in [7, 11) is -4.44. The maximum atomic E-state index is 13.2. The van der Waals surface area contributed by atoms with E-state index in [1.54, 1.807) is 12.1 Å². The molecule has 0 saturated carbocycles. The Hall–Kier alpha value is -1.17. The summed E-state index contributed by atoms with van der Waals surface area (Å²) in [5.41, 5.74) is 3.37. The van der Waals surface area contributed by atoms with Crippen molar-refractivity contribution >= 4 is 7.82 Å². The molecule has 0 heterocycles. The molecule has 0 unspecified atom stereocenters. The van der Waals surface area contributed by atoms with Crippen LogP contribution in [0.4, 0.5) is 0 Å². The van der Waals surface area contributed by atoms with Crippen LogP contribution in [0.3, 0.4) is 0 Å². The molecule has 1 N–H and O–H groups in total. The van der Waals surface area contributed by atoms with Crippen molar-refractivity contribution in [3.63, 3.8) is 0 Å². The van der Waals surface area contributed by atoms with E-state index in [2.05, 4.69) is 95.2 Å². The first-order valence-corrected chi connectivity index (χ1v) is 13.1. The Morgan fingerprint density at radius 2 is 0.912 bits per heavy atom. The van der Waals surface area contributed by atoms with Crippen LogP contribution < -0.4 is 27.9 Å². The predicted molar refractivity (Wildman–Crippen MR) is 140 cm³/mol. The van der Waals surface area contributed by atoms with E-state index >= 15 is 0 Å². The van der Waals surface area contributed by atoms with Gasteiger partial charge in [-0.25, -0.2) is 4.57 Å². The topological polar surface area (TPSA) is 55.8 Å². The first kappa shape index (κ1) is 30.9. The molecular weight excluding hydrogens is 438 g/mol. The van der Waals surface area contributed by atoms with Crippen molar-refractivity contribution in [2.24, 2.45) is 0 Å². The number of phosphoric acid groups is 1. The summed E-state index contributed by atoms with van der Waals surface area (Å²) in [6, 6.07) is 11.6. The van der Waals surface area contributed by atoms with Crippen LogP contribution in [0.15, 0.2) is 36.4 Å². The Kier molecular flexibility index (Phi) is 9.13. The summed E-state index contributed by atoms with van der Waals surface area (Å²) < 4.78 is 24.6. The van der Waals surface area contributed by atoms with Gasteiger partial charge < -0.3 is 10.5 Å². The standard InChI is InChI=1S/C28H43O4P.Li.H/c1-25(2,3)19-13-15-23(21(17-19)27(7,8)9)31-33(29,30)32-24-16-14-20(26(4,5)6)18-22(24)28(10,11)12;;/h13-18H,1-12H3,(H,29,30);;/q;+1;-1. The number of rotatable bonds is 4. The molecule has 4 nitrogen and oxygen atoms in total. The van der Waals surface area contributed by atoms with E-state index in [0.717, 1.165) is 22.3 Å². The number of phosphoric ester groups is 1. The third-order valence-corrected chi connectivity index (χ3v) is 6.59. The van der Waals surface area contributed by atoms with Crippen molar-refractivity contribution in [1.29, 1.82) is 0 Å². The molecule has 0 radical (unpaired) electrons. The van der Waals surface area contributed by atoms with E-state index in [0.29, 0.717) is 11.5 Å². The van der Waals surface area contributed by atoms with Crippen molar-refractivity contribution in [1.82, 2.24) is 0 Å². The summed E-state index contributed by atoms with van der Waals surface area (Å²) in [4.78, 5) is 10.8. The molecule has 2 rings (SSSR count). The van der Waals surface area contributed by atoms with Gasteiger partial charge in [-0.05, 0) is 44.9 Å². The minimum Gasteiger partial charge on any atom is -1.00 e. The molecule has 2 aromatic carbocycles. The molecule has 0 aliphatic rings. The van der Waals surface area contributed by atoms with Gasteiger partial charge in [0, 0.05) is 11.1 Å². The SMILES string of the molecule is CC(C)(C)c1ccc(OP(=O)(O)Oc2ccc(C(C)(C)C)cc2C(C)(C)C)c(C(C)(C)C)c1.[H-].[Li+]. The molecule has 0 saturated heterocycles. The first-order chi connectivity index (χ1) is 14.6. The second kappa shape index (κ2) is 10.1. The number of hydrogen-bond acceptors (Lipinski definition) is 3. The summed E-state index contributed by atoms with van der Waals surface area (Å²) in [6.07, 6.45) is 0.